The minimum Gasteiger partial charge on any atom is -0.312 e. The van der Waals surface area contributed by atoms with Gasteiger partial charge in [-0.2, -0.15) is 0 Å². The van der Waals surface area contributed by atoms with E-state index in [4.69, 9.17) is 0 Å². The van der Waals surface area contributed by atoms with Crippen LogP contribution in [0.1, 0.15) is 51.4 Å². The van der Waals surface area contributed by atoms with Crippen molar-refractivity contribution >= 4 is 0 Å². The van der Waals surface area contributed by atoms with Crippen molar-refractivity contribution in [2.45, 2.75) is 69.5 Å². The van der Waals surface area contributed by atoms with Gasteiger partial charge in [0.2, 0.25) is 0 Å². The zero-order valence-electron chi connectivity index (χ0n) is 12.0. The summed E-state index contributed by atoms with van der Waals surface area (Å²) in [6, 6.07) is 2.58. The molecule has 4 aliphatic carbocycles. The number of rotatable bonds is 3. The molecule has 0 spiro atoms. The molecule has 0 aromatic heterocycles. The third kappa shape index (κ3) is 1.75. The predicted molar refractivity (Wildman–Crippen MR) is 76.9 cm³/mol. The Balaban J connectivity index is 1.14. The van der Waals surface area contributed by atoms with Crippen LogP contribution in [-0.2, 0) is 0 Å². The highest BCUT2D eigenvalue weighted by Gasteiger charge is 2.64. The number of nitrogens with one attached hydrogen (secondary N) is 2. The van der Waals surface area contributed by atoms with E-state index in [0.29, 0.717) is 0 Å². The van der Waals surface area contributed by atoms with Crippen LogP contribution in [0, 0.1) is 29.6 Å². The highest BCUT2D eigenvalue weighted by atomic mass is 15.1. The van der Waals surface area contributed by atoms with Gasteiger partial charge in [-0.05, 0) is 68.1 Å². The van der Waals surface area contributed by atoms with E-state index in [-0.39, 0.29) is 0 Å². The smallest absolute Gasteiger partial charge is 0.0198 e. The zero-order chi connectivity index (χ0) is 12.4. The number of fused-ring (bicyclic) bond motifs is 6. The summed E-state index contributed by atoms with van der Waals surface area (Å²) in [4.78, 5) is 0. The summed E-state index contributed by atoms with van der Waals surface area (Å²) in [7, 11) is 0. The van der Waals surface area contributed by atoms with E-state index in [2.05, 4.69) is 10.6 Å². The van der Waals surface area contributed by atoms with Crippen molar-refractivity contribution in [3.05, 3.63) is 0 Å². The van der Waals surface area contributed by atoms with Gasteiger partial charge in [0.25, 0.3) is 0 Å². The monoisotopic (exact) mass is 260 g/mol. The van der Waals surface area contributed by atoms with Crippen molar-refractivity contribution in [3.63, 3.8) is 0 Å². The summed E-state index contributed by atoms with van der Waals surface area (Å²) in [6.45, 7) is 1.25. The van der Waals surface area contributed by atoms with Crippen LogP contribution in [0.2, 0.25) is 0 Å². The van der Waals surface area contributed by atoms with Gasteiger partial charge in [-0.3, -0.25) is 0 Å². The van der Waals surface area contributed by atoms with Crippen molar-refractivity contribution in [3.8, 4) is 0 Å². The lowest BCUT2D eigenvalue weighted by molar-refractivity contribution is 0.325. The summed E-state index contributed by atoms with van der Waals surface area (Å²) < 4.78 is 0. The molecule has 1 saturated heterocycles. The van der Waals surface area contributed by atoms with E-state index >= 15 is 0 Å². The fourth-order valence-electron chi connectivity index (χ4n) is 6.46. The second kappa shape index (κ2) is 4.21. The molecule has 2 bridgehead atoms. The minimum atomic E-state index is 0.784. The quantitative estimate of drug-likeness (QED) is 0.815. The van der Waals surface area contributed by atoms with Gasteiger partial charge in [0.15, 0.2) is 0 Å². The predicted octanol–water partition coefficient (Wildman–Crippen LogP) is 2.54. The fraction of sp³-hybridized carbons (Fsp3) is 1.00. The maximum absolute atomic E-state index is 3.95. The topological polar surface area (TPSA) is 24.1 Å². The van der Waals surface area contributed by atoms with E-state index in [1.807, 2.05) is 0 Å². The van der Waals surface area contributed by atoms with Gasteiger partial charge in [-0.15, -0.1) is 0 Å². The molecule has 7 atom stereocenters. The highest BCUT2D eigenvalue weighted by molar-refractivity contribution is 5.17. The Hall–Kier alpha value is -0.0800. The Morgan fingerprint density at radius 3 is 2.42 bits per heavy atom. The summed E-state index contributed by atoms with van der Waals surface area (Å²) in [5.41, 5.74) is 0. The highest BCUT2D eigenvalue weighted by Crippen LogP contribution is 2.65. The summed E-state index contributed by atoms with van der Waals surface area (Å²) in [5, 5.41) is 7.87. The van der Waals surface area contributed by atoms with Gasteiger partial charge in [-0.25, -0.2) is 0 Å². The molecule has 0 aromatic rings. The summed E-state index contributed by atoms with van der Waals surface area (Å²) >= 11 is 0. The first-order valence-electron chi connectivity index (χ1n) is 8.89. The van der Waals surface area contributed by atoms with Crippen LogP contribution < -0.4 is 10.6 Å². The molecule has 5 rings (SSSR count). The first-order valence-corrected chi connectivity index (χ1v) is 8.89. The second-order valence-corrected chi connectivity index (χ2v) is 8.17. The average molecular weight is 260 g/mol. The lowest BCUT2D eigenvalue weighted by Gasteiger charge is -2.24. The number of hydrogen-bond acceptors (Lipinski definition) is 2. The molecule has 2 heteroatoms. The van der Waals surface area contributed by atoms with E-state index in [0.717, 1.165) is 47.7 Å². The van der Waals surface area contributed by atoms with Crippen LogP contribution >= 0.6 is 0 Å². The molecule has 5 aliphatic rings. The zero-order valence-corrected chi connectivity index (χ0v) is 12.0. The Morgan fingerprint density at radius 1 is 0.842 bits per heavy atom. The molecule has 0 amide bonds. The molecular formula is C17H28N2. The van der Waals surface area contributed by atoms with Gasteiger partial charge in [0.1, 0.15) is 0 Å². The van der Waals surface area contributed by atoms with Gasteiger partial charge < -0.3 is 10.6 Å². The molecule has 5 fully saturated rings. The molecule has 2 nitrogen and oxygen atoms in total. The van der Waals surface area contributed by atoms with Crippen LogP contribution in [0.5, 0.6) is 0 Å². The van der Waals surface area contributed by atoms with Crippen LogP contribution in [0.4, 0.5) is 0 Å². The van der Waals surface area contributed by atoms with E-state index in [1.54, 1.807) is 19.3 Å². The first kappa shape index (κ1) is 11.6. The second-order valence-electron chi connectivity index (χ2n) is 8.17. The Morgan fingerprint density at radius 2 is 1.63 bits per heavy atom. The normalized spacial score (nSPS) is 58.1. The largest absolute Gasteiger partial charge is 0.312 e. The van der Waals surface area contributed by atoms with E-state index in [1.165, 1.54) is 38.6 Å². The lowest BCUT2D eigenvalue weighted by atomic mass is 9.85. The van der Waals surface area contributed by atoms with Crippen molar-refractivity contribution < 1.29 is 0 Å². The first-order chi connectivity index (χ1) is 9.40. The third-order valence-electron chi connectivity index (χ3n) is 7.28. The maximum atomic E-state index is 3.95. The standard InChI is InChI=1S/C17H28N2/c1-2-4-14-10(3-1)8-13(19-14)9-18-17-15-11-5-6-12(7-11)16(15)17/h10-19H,1-9H2. The van der Waals surface area contributed by atoms with Gasteiger partial charge in [-0.1, -0.05) is 12.8 Å². The molecule has 1 heterocycles. The Labute approximate surface area is 117 Å². The minimum absolute atomic E-state index is 0.784. The third-order valence-corrected chi connectivity index (χ3v) is 7.28. The van der Waals surface area contributed by atoms with E-state index < -0.39 is 0 Å². The van der Waals surface area contributed by atoms with Crippen molar-refractivity contribution in [1.29, 1.82) is 0 Å². The van der Waals surface area contributed by atoms with Crippen LogP contribution in [0.15, 0.2) is 0 Å². The summed E-state index contributed by atoms with van der Waals surface area (Å²) in [5.74, 6) is 5.44. The molecule has 0 radical (unpaired) electrons. The Bertz CT molecular complexity index is 338. The van der Waals surface area contributed by atoms with Crippen molar-refractivity contribution in [2.75, 3.05) is 6.54 Å². The van der Waals surface area contributed by atoms with Gasteiger partial charge in [0, 0.05) is 24.7 Å². The molecule has 19 heavy (non-hydrogen) atoms. The van der Waals surface area contributed by atoms with Crippen LogP contribution in [-0.4, -0.2) is 24.7 Å². The van der Waals surface area contributed by atoms with Crippen molar-refractivity contribution in [2.24, 2.45) is 29.6 Å². The van der Waals surface area contributed by atoms with Gasteiger partial charge in [0.05, 0.1) is 0 Å². The molecule has 4 saturated carbocycles. The fourth-order valence-corrected chi connectivity index (χ4v) is 6.46. The SMILES string of the molecule is C1CCC2NC(CNC3C4C5CCC(C5)C34)CC2C1. The van der Waals surface area contributed by atoms with Crippen LogP contribution in [0.3, 0.4) is 0 Å². The maximum Gasteiger partial charge on any atom is 0.0198 e. The molecule has 1 aliphatic heterocycles. The molecule has 7 unspecified atom stereocenters. The molecular weight excluding hydrogens is 232 g/mol. The lowest BCUT2D eigenvalue weighted by Crippen LogP contribution is -2.40. The Kier molecular flexibility index (Phi) is 2.56. The molecule has 106 valence electrons. The summed E-state index contributed by atoms with van der Waals surface area (Å²) in [6.07, 6.45) is 12.0. The molecule has 0 aromatic carbocycles. The van der Waals surface area contributed by atoms with Crippen LogP contribution in [0.25, 0.3) is 0 Å². The van der Waals surface area contributed by atoms with Crippen molar-refractivity contribution in [1.82, 2.24) is 10.6 Å². The molecule has 2 N–H and O–H groups in total. The average Bonchev–Trinajstić information content (AvgIpc) is 2.84. The number of hydrogen-bond donors (Lipinski definition) is 2. The van der Waals surface area contributed by atoms with Gasteiger partial charge >= 0.3 is 0 Å². The van der Waals surface area contributed by atoms with E-state index in [9.17, 15) is 0 Å².